The normalized spacial score (nSPS) is 26.8. The molecule has 1 rings (SSSR count). The largest absolute Gasteiger partial charge is 0.378 e. The number of halogens is 1. The van der Waals surface area contributed by atoms with E-state index in [0.717, 1.165) is 24.8 Å². The Hall–Kier alpha value is 0.250. The van der Waals surface area contributed by atoms with Crippen molar-refractivity contribution in [1.29, 1.82) is 0 Å². The standard InChI is InChI=1S/C13H25ClO/c1-12-6-8-13(9-7-12)15-11-5-3-2-4-10-14/h12-13H,2-11H2,1H3. The molecule has 0 aromatic carbocycles. The molecule has 0 aliphatic heterocycles. The predicted octanol–water partition coefficient (Wildman–Crippen LogP) is 4.38. The smallest absolute Gasteiger partial charge is 0.0575 e. The van der Waals surface area contributed by atoms with Gasteiger partial charge in [-0.15, -0.1) is 11.6 Å². The number of hydrogen-bond donors (Lipinski definition) is 0. The predicted molar refractivity (Wildman–Crippen MR) is 66.6 cm³/mol. The van der Waals surface area contributed by atoms with Crippen LogP contribution in [-0.4, -0.2) is 18.6 Å². The van der Waals surface area contributed by atoms with E-state index in [1.807, 2.05) is 0 Å². The van der Waals surface area contributed by atoms with Gasteiger partial charge in [0.25, 0.3) is 0 Å². The van der Waals surface area contributed by atoms with Crippen LogP contribution in [0.2, 0.25) is 0 Å². The van der Waals surface area contributed by atoms with Crippen LogP contribution in [0.4, 0.5) is 0 Å². The number of rotatable bonds is 7. The first-order valence-corrected chi connectivity index (χ1v) is 7.04. The van der Waals surface area contributed by atoms with Gasteiger partial charge < -0.3 is 4.74 Å². The average Bonchev–Trinajstić information content (AvgIpc) is 2.26. The van der Waals surface area contributed by atoms with Gasteiger partial charge in [0.05, 0.1) is 6.10 Å². The molecule has 2 heteroatoms. The summed E-state index contributed by atoms with van der Waals surface area (Å²) in [5.41, 5.74) is 0. The molecule has 1 fully saturated rings. The molecule has 0 unspecified atom stereocenters. The molecule has 0 saturated heterocycles. The fourth-order valence-electron chi connectivity index (χ4n) is 2.20. The minimum Gasteiger partial charge on any atom is -0.378 e. The van der Waals surface area contributed by atoms with Gasteiger partial charge in [-0.05, 0) is 44.4 Å². The van der Waals surface area contributed by atoms with Crippen molar-refractivity contribution in [2.24, 2.45) is 5.92 Å². The zero-order chi connectivity index (χ0) is 10.9. The van der Waals surface area contributed by atoms with Gasteiger partial charge in [0.1, 0.15) is 0 Å². The number of hydrogen-bond acceptors (Lipinski definition) is 1. The van der Waals surface area contributed by atoms with E-state index in [0.29, 0.717) is 6.10 Å². The van der Waals surface area contributed by atoms with Crippen LogP contribution in [0.15, 0.2) is 0 Å². The Morgan fingerprint density at radius 2 is 1.67 bits per heavy atom. The van der Waals surface area contributed by atoms with Gasteiger partial charge in [-0.3, -0.25) is 0 Å². The second-order valence-electron chi connectivity index (χ2n) is 4.86. The van der Waals surface area contributed by atoms with Gasteiger partial charge in [-0.2, -0.15) is 0 Å². The van der Waals surface area contributed by atoms with Crippen LogP contribution in [0.25, 0.3) is 0 Å². The first-order chi connectivity index (χ1) is 7.33. The summed E-state index contributed by atoms with van der Waals surface area (Å²) in [6.07, 6.45) is 10.7. The molecule has 90 valence electrons. The highest BCUT2D eigenvalue weighted by atomic mass is 35.5. The molecule has 15 heavy (non-hydrogen) atoms. The van der Waals surface area contributed by atoms with Crippen molar-refractivity contribution < 1.29 is 4.74 Å². The number of alkyl halides is 1. The first-order valence-electron chi connectivity index (χ1n) is 6.50. The Morgan fingerprint density at radius 1 is 1.00 bits per heavy atom. The molecule has 1 saturated carbocycles. The first kappa shape index (κ1) is 13.3. The summed E-state index contributed by atoms with van der Waals surface area (Å²) in [6, 6.07) is 0. The van der Waals surface area contributed by atoms with Crippen LogP contribution >= 0.6 is 11.6 Å². The molecule has 1 nitrogen and oxygen atoms in total. The second-order valence-corrected chi connectivity index (χ2v) is 5.23. The molecule has 0 amide bonds. The highest BCUT2D eigenvalue weighted by Gasteiger charge is 2.17. The average molecular weight is 233 g/mol. The maximum Gasteiger partial charge on any atom is 0.0575 e. The monoisotopic (exact) mass is 232 g/mol. The summed E-state index contributed by atoms with van der Waals surface area (Å²) < 4.78 is 5.88. The molecule has 1 aliphatic rings. The maximum absolute atomic E-state index is 5.88. The highest BCUT2D eigenvalue weighted by Crippen LogP contribution is 2.25. The van der Waals surface area contributed by atoms with E-state index >= 15 is 0 Å². The zero-order valence-electron chi connectivity index (χ0n) is 10.0. The third-order valence-electron chi connectivity index (χ3n) is 3.34. The Balaban J connectivity index is 1.87. The lowest BCUT2D eigenvalue weighted by atomic mass is 9.89. The molecule has 0 radical (unpaired) electrons. The van der Waals surface area contributed by atoms with Crippen LogP contribution in [0, 0.1) is 5.92 Å². The lowest BCUT2D eigenvalue weighted by molar-refractivity contribution is 0.0179. The molecule has 0 aromatic heterocycles. The molecular formula is C13H25ClO. The lowest BCUT2D eigenvalue weighted by Gasteiger charge is -2.26. The van der Waals surface area contributed by atoms with Gasteiger partial charge in [0.2, 0.25) is 0 Å². The van der Waals surface area contributed by atoms with Crippen LogP contribution in [-0.2, 0) is 4.74 Å². The van der Waals surface area contributed by atoms with E-state index < -0.39 is 0 Å². The fourth-order valence-corrected chi connectivity index (χ4v) is 2.39. The van der Waals surface area contributed by atoms with E-state index in [2.05, 4.69) is 6.92 Å². The SMILES string of the molecule is CC1CCC(OCCCCCCCl)CC1. The summed E-state index contributed by atoms with van der Waals surface area (Å²) >= 11 is 5.62. The van der Waals surface area contributed by atoms with E-state index in [1.54, 1.807) is 0 Å². The Bertz CT molecular complexity index is 141. The highest BCUT2D eigenvalue weighted by molar-refractivity contribution is 6.17. The van der Waals surface area contributed by atoms with Crippen molar-refractivity contribution in [3.63, 3.8) is 0 Å². The molecule has 0 aromatic rings. The van der Waals surface area contributed by atoms with Crippen LogP contribution < -0.4 is 0 Å². The van der Waals surface area contributed by atoms with Crippen LogP contribution in [0.3, 0.4) is 0 Å². The summed E-state index contributed by atoms with van der Waals surface area (Å²) in [7, 11) is 0. The zero-order valence-corrected chi connectivity index (χ0v) is 10.8. The molecular weight excluding hydrogens is 208 g/mol. The maximum atomic E-state index is 5.88. The second kappa shape index (κ2) is 8.41. The topological polar surface area (TPSA) is 9.23 Å². The van der Waals surface area contributed by atoms with Crippen molar-refractivity contribution in [2.45, 2.75) is 64.4 Å². The van der Waals surface area contributed by atoms with Crippen molar-refractivity contribution in [3.05, 3.63) is 0 Å². The van der Waals surface area contributed by atoms with Crippen molar-refractivity contribution in [2.75, 3.05) is 12.5 Å². The van der Waals surface area contributed by atoms with Gasteiger partial charge in [-0.25, -0.2) is 0 Å². The van der Waals surface area contributed by atoms with Crippen molar-refractivity contribution in [1.82, 2.24) is 0 Å². The van der Waals surface area contributed by atoms with E-state index in [4.69, 9.17) is 16.3 Å². The van der Waals surface area contributed by atoms with Gasteiger partial charge in [0, 0.05) is 12.5 Å². The summed E-state index contributed by atoms with van der Waals surface area (Å²) in [4.78, 5) is 0. The number of unbranched alkanes of at least 4 members (excludes halogenated alkanes) is 3. The molecule has 0 N–H and O–H groups in total. The third kappa shape index (κ3) is 6.42. The minimum absolute atomic E-state index is 0.564. The van der Waals surface area contributed by atoms with E-state index in [1.165, 1.54) is 44.9 Å². The van der Waals surface area contributed by atoms with E-state index in [-0.39, 0.29) is 0 Å². The van der Waals surface area contributed by atoms with E-state index in [9.17, 15) is 0 Å². The van der Waals surface area contributed by atoms with Crippen molar-refractivity contribution >= 4 is 11.6 Å². The van der Waals surface area contributed by atoms with Gasteiger partial charge >= 0.3 is 0 Å². The van der Waals surface area contributed by atoms with Crippen molar-refractivity contribution in [3.8, 4) is 0 Å². The molecule has 0 atom stereocenters. The van der Waals surface area contributed by atoms with Crippen LogP contribution in [0.1, 0.15) is 58.3 Å². The number of ether oxygens (including phenoxy) is 1. The molecule has 0 heterocycles. The summed E-state index contributed by atoms with van der Waals surface area (Å²) in [6.45, 7) is 3.31. The minimum atomic E-state index is 0.564. The molecule has 0 spiro atoms. The van der Waals surface area contributed by atoms with Crippen LogP contribution in [0.5, 0.6) is 0 Å². The third-order valence-corrected chi connectivity index (χ3v) is 3.61. The Kier molecular flexibility index (Phi) is 7.46. The lowest BCUT2D eigenvalue weighted by Crippen LogP contribution is -2.20. The Morgan fingerprint density at radius 3 is 2.33 bits per heavy atom. The van der Waals surface area contributed by atoms with Gasteiger partial charge in [0.15, 0.2) is 0 Å². The summed E-state index contributed by atoms with van der Waals surface area (Å²) in [5, 5.41) is 0. The summed E-state index contributed by atoms with van der Waals surface area (Å²) in [5.74, 6) is 1.73. The molecule has 0 bridgehead atoms. The fraction of sp³-hybridized carbons (Fsp3) is 1.00. The Labute approximate surface area is 99.5 Å². The molecule has 1 aliphatic carbocycles. The quantitative estimate of drug-likeness (QED) is 0.468. The van der Waals surface area contributed by atoms with Gasteiger partial charge in [-0.1, -0.05) is 19.8 Å².